The molecule has 0 radical (unpaired) electrons. The summed E-state index contributed by atoms with van der Waals surface area (Å²) >= 11 is 0. The van der Waals surface area contributed by atoms with Crippen LogP contribution in [0.3, 0.4) is 0 Å². The van der Waals surface area contributed by atoms with Crippen LogP contribution >= 0.6 is 0 Å². The number of rotatable bonds is 13. The van der Waals surface area contributed by atoms with Crippen molar-refractivity contribution in [3.63, 3.8) is 0 Å². The van der Waals surface area contributed by atoms with Crippen molar-refractivity contribution in [1.29, 1.82) is 0 Å². The summed E-state index contributed by atoms with van der Waals surface area (Å²) in [5.41, 5.74) is 0. The highest BCUT2D eigenvalue weighted by molar-refractivity contribution is 7.89. The standard InChI is InChI=1S/C12H27NO4S/c1-16-10-11-17-9-7-5-3-2-4-6-8-12-18(13,14)15/h2-12H2,1H3,(H2,13,14,15). The molecule has 0 atom stereocenters. The fourth-order valence-corrected chi connectivity index (χ4v) is 2.24. The molecular weight excluding hydrogens is 254 g/mol. The first-order valence-electron chi connectivity index (χ1n) is 6.63. The summed E-state index contributed by atoms with van der Waals surface area (Å²) < 4.78 is 31.6. The molecule has 0 spiro atoms. The molecule has 0 aliphatic carbocycles. The summed E-state index contributed by atoms with van der Waals surface area (Å²) in [6.07, 6.45) is 7.30. The van der Waals surface area contributed by atoms with E-state index >= 15 is 0 Å². The van der Waals surface area contributed by atoms with Gasteiger partial charge in [0.1, 0.15) is 0 Å². The third kappa shape index (κ3) is 15.8. The van der Waals surface area contributed by atoms with E-state index in [4.69, 9.17) is 14.6 Å². The van der Waals surface area contributed by atoms with Crippen LogP contribution in [0.1, 0.15) is 44.9 Å². The van der Waals surface area contributed by atoms with Gasteiger partial charge in [-0.3, -0.25) is 0 Å². The summed E-state index contributed by atoms with van der Waals surface area (Å²) in [6, 6.07) is 0. The number of ether oxygens (including phenoxy) is 2. The zero-order valence-corrected chi connectivity index (χ0v) is 12.2. The van der Waals surface area contributed by atoms with Gasteiger partial charge in [0.25, 0.3) is 0 Å². The molecule has 5 nitrogen and oxygen atoms in total. The number of sulfonamides is 1. The summed E-state index contributed by atoms with van der Waals surface area (Å²) in [5.74, 6) is 0.111. The third-order valence-electron chi connectivity index (χ3n) is 2.65. The van der Waals surface area contributed by atoms with Crippen LogP contribution in [0.4, 0.5) is 0 Å². The minimum Gasteiger partial charge on any atom is -0.382 e. The van der Waals surface area contributed by atoms with Gasteiger partial charge in [0.05, 0.1) is 19.0 Å². The number of methoxy groups -OCH3 is 1. The van der Waals surface area contributed by atoms with E-state index in [1.165, 1.54) is 12.8 Å². The van der Waals surface area contributed by atoms with Gasteiger partial charge in [0.15, 0.2) is 0 Å². The van der Waals surface area contributed by atoms with Crippen LogP contribution in [0.25, 0.3) is 0 Å². The Balaban J connectivity index is 3.03. The molecule has 0 amide bonds. The van der Waals surface area contributed by atoms with Crippen LogP contribution in [0.2, 0.25) is 0 Å². The molecule has 0 saturated carbocycles. The monoisotopic (exact) mass is 281 g/mol. The first kappa shape index (κ1) is 17.8. The minimum absolute atomic E-state index is 0.111. The predicted molar refractivity (Wildman–Crippen MR) is 73.0 cm³/mol. The molecule has 0 fully saturated rings. The fourth-order valence-electron chi connectivity index (χ4n) is 1.64. The van der Waals surface area contributed by atoms with Gasteiger partial charge < -0.3 is 9.47 Å². The second-order valence-electron chi connectivity index (χ2n) is 4.45. The number of hydrogen-bond acceptors (Lipinski definition) is 4. The van der Waals surface area contributed by atoms with Crippen molar-refractivity contribution in [2.45, 2.75) is 44.9 Å². The highest BCUT2D eigenvalue weighted by atomic mass is 32.2. The van der Waals surface area contributed by atoms with Gasteiger partial charge in [0.2, 0.25) is 10.0 Å². The van der Waals surface area contributed by atoms with Crippen molar-refractivity contribution in [3.8, 4) is 0 Å². The molecule has 6 heteroatoms. The summed E-state index contributed by atoms with van der Waals surface area (Å²) in [4.78, 5) is 0. The molecule has 0 saturated heterocycles. The molecule has 0 aromatic rings. The Kier molecular flexibility index (Phi) is 11.8. The fraction of sp³-hybridized carbons (Fsp3) is 1.00. The van der Waals surface area contributed by atoms with Crippen LogP contribution < -0.4 is 5.14 Å². The van der Waals surface area contributed by atoms with Gasteiger partial charge in [-0.25, -0.2) is 13.6 Å². The molecular formula is C12H27NO4S. The Morgan fingerprint density at radius 3 is 1.94 bits per heavy atom. The molecule has 0 aliphatic rings. The number of primary sulfonamides is 1. The lowest BCUT2D eigenvalue weighted by Crippen LogP contribution is -2.16. The molecule has 0 aromatic heterocycles. The smallest absolute Gasteiger partial charge is 0.209 e. The van der Waals surface area contributed by atoms with E-state index < -0.39 is 10.0 Å². The highest BCUT2D eigenvalue weighted by Gasteiger charge is 2.01. The Bertz CT molecular complexity index is 267. The van der Waals surface area contributed by atoms with E-state index in [1.54, 1.807) is 7.11 Å². The normalized spacial score (nSPS) is 11.9. The lowest BCUT2D eigenvalue weighted by Gasteiger charge is -2.03. The van der Waals surface area contributed by atoms with Gasteiger partial charge in [-0.1, -0.05) is 32.1 Å². The van der Waals surface area contributed by atoms with Gasteiger partial charge in [0, 0.05) is 13.7 Å². The van der Waals surface area contributed by atoms with Crippen LogP contribution in [-0.4, -0.2) is 41.1 Å². The maximum Gasteiger partial charge on any atom is 0.209 e. The van der Waals surface area contributed by atoms with Crippen LogP contribution in [-0.2, 0) is 19.5 Å². The number of unbranched alkanes of at least 4 members (excludes halogenated alkanes) is 6. The first-order chi connectivity index (χ1) is 8.56. The van der Waals surface area contributed by atoms with Crippen molar-refractivity contribution in [2.75, 3.05) is 32.7 Å². The molecule has 18 heavy (non-hydrogen) atoms. The Hall–Kier alpha value is -0.170. The zero-order chi connectivity index (χ0) is 13.7. The molecule has 0 aromatic carbocycles. The molecule has 0 aliphatic heterocycles. The van der Waals surface area contributed by atoms with Crippen molar-refractivity contribution in [2.24, 2.45) is 5.14 Å². The molecule has 110 valence electrons. The lowest BCUT2D eigenvalue weighted by atomic mass is 10.1. The third-order valence-corrected chi connectivity index (χ3v) is 3.51. The molecule has 0 rings (SSSR count). The largest absolute Gasteiger partial charge is 0.382 e. The van der Waals surface area contributed by atoms with Gasteiger partial charge in [-0.2, -0.15) is 0 Å². The van der Waals surface area contributed by atoms with Crippen LogP contribution in [0, 0.1) is 0 Å². The van der Waals surface area contributed by atoms with Gasteiger partial charge in [-0.15, -0.1) is 0 Å². The quantitative estimate of drug-likeness (QED) is 0.521. The second kappa shape index (κ2) is 11.9. The minimum atomic E-state index is -3.26. The molecule has 2 N–H and O–H groups in total. The van der Waals surface area contributed by atoms with E-state index in [9.17, 15) is 8.42 Å². The average molecular weight is 281 g/mol. The SMILES string of the molecule is COCCOCCCCCCCCCS(N)(=O)=O. The van der Waals surface area contributed by atoms with E-state index in [1.807, 2.05) is 0 Å². The first-order valence-corrected chi connectivity index (χ1v) is 8.35. The van der Waals surface area contributed by atoms with Gasteiger partial charge >= 0.3 is 0 Å². The summed E-state index contributed by atoms with van der Waals surface area (Å²) in [5, 5.41) is 4.92. The zero-order valence-electron chi connectivity index (χ0n) is 11.4. The molecule has 0 heterocycles. The van der Waals surface area contributed by atoms with Crippen LogP contribution in [0.5, 0.6) is 0 Å². The number of hydrogen-bond donors (Lipinski definition) is 1. The van der Waals surface area contributed by atoms with E-state index in [-0.39, 0.29) is 5.75 Å². The maximum atomic E-state index is 10.7. The molecule has 0 bridgehead atoms. The summed E-state index contributed by atoms with van der Waals surface area (Å²) in [7, 11) is -1.60. The number of nitrogens with two attached hydrogens (primary N) is 1. The lowest BCUT2D eigenvalue weighted by molar-refractivity contribution is 0.0685. The Labute approximate surface area is 111 Å². The highest BCUT2D eigenvalue weighted by Crippen LogP contribution is 2.07. The van der Waals surface area contributed by atoms with E-state index in [0.717, 1.165) is 32.3 Å². The average Bonchev–Trinajstić information content (AvgIpc) is 2.29. The maximum absolute atomic E-state index is 10.7. The van der Waals surface area contributed by atoms with Gasteiger partial charge in [-0.05, 0) is 12.8 Å². The van der Waals surface area contributed by atoms with Crippen molar-refractivity contribution >= 4 is 10.0 Å². The van der Waals surface area contributed by atoms with E-state index in [0.29, 0.717) is 19.6 Å². The Morgan fingerprint density at radius 2 is 1.39 bits per heavy atom. The van der Waals surface area contributed by atoms with Crippen molar-refractivity contribution in [3.05, 3.63) is 0 Å². The van der Waals surface area contributed by atoms with Crippen molar-refractivity contribution < 1.29 is 17.9 Å². The second-order valence-corrected chi connectivity index (χ2v) is 6.18. The topological polar surface area (TPSA) is 78.6 Å². The van der Waals surface area contributed by atoms with Crippen LogP contribution in [0.15, 0.2) is 0 Å². The molecule has 0 unspecified atom stereocenters. The predicted octanol–water partition coefficient (Wildman–Crippen LogP) is 1.67. The summed E-state index contributed by atoms with van der Waals surface area (Å²) in [6.45, 7) is 2.13. The van der Waals surface area contributed by atoms with Crippen molar-refractivity contribution in [1.82, 2.24) is 0 Å². The Morgan fingerprint density at radius 1 is 0.833 bits per heavy atom. The van der Waals surface area contributed by atoms with E-state index in [2.05, 4.69) is 0 Å².